The molecule has 1 aliphatic rings. The van der Waals surface area contributed by atoms with Crippen molar-refractivity contribution in [2.24, 2.45) is 0 Å². The van der Waals surface area contributed by atoms with Gasteiger partial charge in [-0.15, -0.1) is 0 Å². The average Bonchev–Trinajstić information content (AvgIpc) is 2.61. The molecule has 0 spiro atoms. The topological polar surface area (TPSA) is 73.9 Å². The summed E-state index contributed by atoms with van der Waals surface area (Å²) in [7, 11) is 1.62. The van der Waals surface area contributed by atoms with Crippen LogP contribution < -0.4 is 10.1 Å². The summed E-state index contributed by atoms with van der Waals surface area (Å²) in [4.78, 5) is 22.7. The highest BCUT2D eigenvalue weighted by Gasteiger charge is 2.42. The second-order valence-corrected chi connectivity index (χ2v) is 5.59. The van der Waals surface area contributed by atoms with Crippen molar-refractivity contribution < 1.29 is 23.8 Å². The van der Waals surface area contributed by atoms with Crippen LogP contribution in [0.2, 0.25) is 0 Å². The van der Waals surface area contributed by atoms with Gasteiger partial charge >= 0.3 is 29.0 Å². The molecule has 1 aliphatic carbocycles. The molecule has 0 bridgehead atoms. The van der Waals surface area contributed by atoms with Crippen molar-refractivity contribution in [2.45, 2.75) is 44.3 Å². The van der Waals surface area contributed by atoms with Crippen molar-refractivity contribution in [3.63, 3.8) is 0 Å². The molecule has 24 heavy (non-hydrogen) atoms. The molecule has 0 radical (unpaired) electrons. The molecule has 2 rings (SSSR count). The van der Waals surface area contributed by atoms with Crippen LogP contribution in [0.3, 0.4) is 0 Å². The lowest BCUT2D eigenvalue weighted by molar-refractivity contribution is -0.180. The van der Waals surface area contributed by atoms with Crippen LogP contribution in [0, 0.1) is 0 Å². The largest absolute Gasteiger partial charge is 0.497 e. The molecule has 1 N–H and O–H groups in total. The summed E-state index contributed by atoms with van der Waals surface area (Å²) in [6.07, 6.45) is 4.73. The lowest BCUT2D eigenvalue weighted by Crippen LogP contribution is -2.45. The van der Waals surface area contributed by atoms with Crippen LogP contribution in [-0.2, 0) is 25.7 Å². The van der Waals surface area contributed by atoms with Crippen LogP contribution in [-0.4, -0.2) is 54.9 Å². The Hall–Kier alpha value is -1.31. The van der Waals surface area contributed by atoms with Gasteiger partial charge in [-0.25, -0.2) is 4.79 Å². The molecular weight excluding hydrogens is 322 g/mol. The van der Waals surface area contributed by atoms with Crippen LogP contribution in [0.1, 0.15) is 37.7 Å². The molecule has 6 nitrogen and oxygen atoms in total. The molecule has 0 unspecified atom stereocenters. The van der Waals surface area contributed by atoms with Gasteiger partial charge in [0.2, 0.25) is 6.41 Å². The quantitative estimate of drug-likeness (QED) is 0.252. The molecule has 1 aromatic rings. The third-order valence-corrected chi connectivity index (χ3v) is 4.08. The molecule has 130 valence electrons. The Bertz CT molecular complexity index is 514. The van der Waals surface area contributed by atoms with Crippen LogP contribution >= 0.6 is 0 Å². The number of methoxy groups -OCH3 is 1. The minimum Gasteiger partial charge on any atom is -0.497 e. The fourth-order valence-electron chi connectivity index (χ4n) is 2.75. The first-order valence-corrected chi connectivity index (χ1v) is 7.81. The highest BCUT2D eigenvalue weighted by Crippen LogP contribution is 2.33. The highest BCUT2D eigenvalue weighted by molar-refractivity contribution is 5.79. The van der Waals surface area contributed by atoms with E-state index in [9.17, 15) is 9.59 Å². The van der Waals surface area contributed by atoms with E-state index in [4.69, 9.17) is 14.2 Å². The van der Waals surface area contributed by atoms with E-state index in [1.54, 1.807) is 7.11 Å². The van der Waals surface area contributed by atoms with Gasteiger partial charge in [0.15, 0.2) is 12.3 Å². The zero-order chi connectivity index (χ0) is 16.5. The number of hydrogen-bond donors (Lipinski definition) is 1. The first-order valence-electron chi connectivity index (χ1n) is 7.81. The van der Waals surface area contributed by atoms with Crippen LogP contribution in [0.15, 0.2) is 24.3 Å². The monoisotopic (exact) mass is 347 g/mol. The molecule has 7 heteroatoms. The number of ether oxygens (including phenoxy) is 3. The van der Waals surface area contributed by atoms with E-state index >= 15 is 0 Å². The normalized spacial score (nSPS) is 15.7. The van der Waals surface area contributed by atoms with E-state index in [0.29, 0.717) is 25.9 Å². The molecule has 0 atom stereocenters. The van der Waals surface area contributed by atoms with Crippen LogP contribution in [0.4, 0.5) is 0 Å². The molecule has 0 heterocycles. The molecule has 1 amide bonds. The third kappa shape index (κ3) is 5.64. The van der Waals surface area contributed by atoms with Gasteiger partial charge in [0.1, 0.15) is 5.75 Å². The first kappa shape index (κ1) is 20.7. The van der Waals surface area contributed by atoms with E-state index in [1.807, 2.05) is 24.3 Å². The summed E-state index contributed by atoms with van der Waals surface area (Å²) in [6, 6.07) is 7.54. The van der Waals surface area contributed by atoms with Crippen molar-refractivity contribution in [3.05, 3.63) is 29.8 Å². The Kier molecular flexibility index (Phi) is 9.10. The van der Waals surface area contributed by atoms with Gasteiger partial charge in [0.25, 0.3) is 0 Å². The van der Waals surface area contributed by atoms with Gasteiger partial charge in [-0.05, 0) is 43.4 Å². The lowest BCUT2D eigenvalue weighted by atomic mass is 9.84. The zero-order valence-electron chi connectivity index (χ0n) is 13.4. The zero-order valence-corrected chi connectivity index (χ0v) is 13.4. The van der Waals surface area contributed by atoms with Gasteiger partial charge in [-0.2, -0.15) is 0 Å². The van der Waals surface area contributed by atoms with Crippen LogP contribution in [0.5, 0.6) is 5.75 Å². The van der Waals surface area contributed by atoms with Gasteiger partial charge in [-0.1, -0.05) is 18.6 Å². The molecule has 1 saturated carbocycles. The lowest BCUT2D eigenvalue weighted by Gasteiger charge is -2.34. The fourth-order valence-corrected chi connectivity index (χ4v) is 2.75. The van der Waals surface area contributed by atoms with E-state index in [-0.39, 0.29) is 29.8 Å². The summed E-state index contributed by atoms with van der Waals surface area (Å²) in [5.74, 6) is 0.375. The molecule has 0 aromatic heterocycles. The Balaban J connectivity index is 0.00000288. The number of carbonyl (C=O) groups excluding carboxylic acids is 2. The number of benzene rings is 1. The fraction of sp³-hybridized carbons (Fsp3) is 0.529. The highest BCUT2D eigenvalue weighted by atomic mass is 24.3. The average molecular weight is 348 g/mol. The number of carbonyl (C=O) groups is 2. The van der Waals surface area contributed by atoms with Crippen LogP contribution in [0.25, 0.3) is 0 Å². The summed E-state index contributed by atoms with van der Waals surface area (Å²) in [6.45, 7) is 0.205. The minimum atomic E-state index is -0.914. The smallest absolute Gasteiger partial charge is 0.340 e. The van der Waals surface area contributed by atoms with E-state index in [2.05, 4.69) is 5.32 Å². The Morgan fingerprint density at radius 3 is 2.46 bits per heavy atom. The Labute approximate surface area is 158 Å². The van der Waals surface area contributed by atoms with Gasteiger partial charge in [0.05, 0.1) is 13.7 Å². The number of amides is 1. The number of nitrogens with one attached hydrogen (secondary N) is 1. The molecule has 1 fully saturated rings. The van der Waals surface area contributed by atoms with Crippen molar-refractivity contribution >= 4 is 35.4 Å². The van der Waals surface area contributed by atoms with E-state index in [1.165, 1.54) is 0 Å². The minimum absolute atomic E-state index is 0. The van der Waals surface area contributed by atoms with Crippen molar-refractivity contribution in [1.82, 2.24) is 5.32 Å². The first-order chi connectivity index (χ1) is 11.2. The number of esters is 1. The van der Waals surface area contributed by atoms with Crippen molar-refractivity contribution in [2.75, 3.05) is 13.8 Å². The second kappa shape index (κ2) is 10.5. The predicted octanol–water partition coefficient (Wildman–Crippen LogP) is 1.25. The van der Waals surface area contributed by atoms with E-state index in [0.717, 1.165) is 30.6 Å². The van der Waals surface area contributed by atoms with Gasteiger partial charge < -0.3 is 19.5 Å². The Morgan fingerprint density at radius 2 is 1.88 bits per heavy atom. The summed E-state index contributed by atoms with van der Waals surface area (Å²) in [5.41, 5.74) is 0.0532. The molecule has 1 aromatic carbocycles. The van der Waals surface area contributed by atoms with Gasteiger partial charge in [0, 0.05) is 0 Å². The Morgan fingerprint density at radius 1 is 1.21 bits per heavy atom. The standard InChI is InChI=1S/C17H23NO5.Mg.2H/c1-21-15-7-5-14(6-8-15)11-23-17(9-3-2-4-10-17)16(20)22-13-18-12-19;;;/h5-8,12H,2-4,9-11,13H2,1H3,(H,18,19);;;. The predicted molar refractivity (Wildman–Crippen MR) is 92.3 cm³/mol. The van der Waals surface area contributed by atoms with Crippen molar-refractivity contribution in [1.29, 1.82) is 0 Å². The maximum Gasteiger partial charge on any atom is 0.340 e. The molecular formula is C17H25MgNO5. The maximum atomic E-state index is 12.4. The summed E-state index contributed by atoms with van der Waals surface area (Å²) in [5, 5.41) is 2.33. The van der Waals surface area contributed by atoms with E-state index < -0.39 is 11.6 Å². The second-order valence-electron chi connectivity index (χ2n) is 5.59. The molecule has 0 aliphatic heterocycles. The van der Waals surface area contributed by atoms with Gasteiger partial charge in [-0.3, -0.25) is 4.79 Å². The summed E-state index contributed by atoms with van der Waals surface area (Å²) < 4.78 is 16.2. The SMILES string of the molecule is COc1ccc(COC2(C(=O)OCNC=O)CCCCC2)cc1.[MgH2]. The summed E-state index contributed by atoms with van der Waals surface area (Å²) >= 11 is 0. The maximum absolute atomic E-state index is 12.4. The molecule has 0 saturated heterocycles. The third-order valence-electron chi connectivity index (χ3n) is 4.08. The van der Waals surface area contributed by atoms with Crippen molar-refractivity contribution in [3.8, 4) is 5.75 Å². The number of rotatable bonds is 8. The number of hydrogen-bond acceptors (Lipinski definition) is 5.